The van der Waals surface area contributed by atoms with Crippen LogP contribution in [0.5, 0.6) is 5.75 Å². The molecule has 2 rings (SSSR count). The first-order valence-corrected chi connectivity index (χ1v) is 7.54. The van der Waals surface area contributed by atoms with E-state index in [9.17, 15) is 9.90 Å². The summed E-state index contributed by atoms with van der Waals surface area (Å²) < 4.78 is 10.4. The number of benzene rings is 1. The summed E-state index contributed by atoms with van der Waals surface area (Å²) in [7, 11) is 0. The Morgan fingerprint density at radius 3 is 2.96 bits per heavy atom. The monoisotopic (exact) mass is 328 g/mol. The average Bonchev–Trinajstić information content (AvgIpc) is 3.07. The predicted molar refractivity (Wildman–Crippen MR) is 90.7 cm³/mol. The zero-order valence-electron chi connectivity index (χ0n) is 13.4. The van der Waals surface area contributed by atoms with Crippen LogP contribution >= 0.6 is 0 Å². The number of hydrogen-bond donors (Lipinski definition) is 3. The van der Waals surface area contributed by atoms with Crippen LogP contribution < -0.4 is 15.4 Å². The van der Waals surface area contributed by atoms with Gasteiger partial charge in [0.25, 0.3) is 0 Å². The number of urea groups is 1. The third-order valence-electron chi connectivity index (χ3n) is 3.24. The third kappa shape index (κ3) is 5.38. The van der Waals surface area contributed by atoms with Crippen LogP contribution in [0, 0.1) is 12.3 Å². The lowest BCUT2D eigenvalue weighted by molar-refractivity contribution is 0.130. The molecule has 2 atom stereocenters. The highest BCUT2D eigenvalue weighted by atomic mass is 16.5. The van der Waals surface area contributed by atoms with Crippen molar-refractivity contribution in [1.29, 1.82) is 0 Å². The Kier molecular flexibility index (Phi) is 6.29. The van der Waals surface area contributed by atoms with Gasteiger partial charge in [0.05, 0.1) is 6.26 Å². The third-order valence-corrected chi connectivity index (χ3v) is 3.24. The van der Waals surface area contributed by atoms with Crippen molar-refractivity contribution in [3.8, 4) is 18.1 Å². The molecule has 0 saturated carbocycles. The van der Waals surface area contributed by atoms with Gasteiger partial charge in [-0.05, 0) is 31.2 Å². The summed E-state index contributed by atoms with van der Waals surface area (Å²) in [5.74, 6) is 3.43. The van der Waals surface area contributed by atoms with Crippen molar-refractivity contribution in [2.45, 2.75) is 25.5 Å². The Morgan fingerprint density at radius 2 is 2.25 bits per heavy atom. The molecule has 126 valence electrons. The molecule has 6 nitrogen and oxygen atoms in total. The quantitative estimate of drug-likeness (QED) is 0.682. The molecule has 0 bridgehead atoms. The van der Waals surface area contributed by atoms with Gasteiger partial charge in [0.15, 0.2) is 0 Å². The van der Waals surface area contributed by atoms with E-state index < -0.39 is 6.10 Å². The van der Waals surface area contributed by atoms with Crippen LogP contribution in [0.2, 0.25) is 0 Å². The zero-order chi connectivity index (χ0) is 17.4. The minimum Gasteiger partial charge on any atom is -0.481 e. The number of ether oxygens (including phenoxy) is 1. The first-order valence-electron chi connectivity index (χ1n) is 7.54. The van der Waals surface area contributed by atoms with Gasteiger partial charge in [-0.1, -0.05) is 12.0 Å². The maximum atomic E-state index is 12.0. The highest BCUT2D eigenvalue weighted by Gasteiger charge is 2.16. The number of carbonyl (C=O) groups is 1. The van der Waals surface area contributed by atoms with Gasteiger partial charge in [-0.25, -0.2) is 4.79 Å². The van der Waals surface area contributed by atoms with E-state index in [2.05, 4.69) is 16.6 Å². The molecule has 6 heteroatoms. The first kappa shape index (κ1) is 17.4. The Morgan fingerprint density at radius 1 is 1.42 bits per heavy atom. The molecule has 0 saturated heterocycles. The fourth-order valence-corrected chi connectivity index (χ4v) is 2.17. The lowest BCUT2D eigenvalue weighted by Gasteiger charge is -2.17. The summed E-state index contributed by atoms with van der Waals surface area (Å²) in [5.41, 5.74) is 0.584. The summed E-state index contributed by atoms with van der Waals surface area (Å²) in [5, 5.41) is 15.5. The molecule has 0 aliphatic carbocycles. The number of aliphatic hydroxyl groups excluding tert-OH is 1. The van der Waals surface area contributed by atoms with Gasteiger partial charge >= 0.3 is 6.03 Å². The average molecular weight is 328 g/mol. The SMILES string of the molecule is C#CCOc1cccc(NC(=O)NC(C)CC(O)c2ccco2)c1. The number of nitrogens with one attached hydrogen (secondary N) is 2. The number of rotatable bonds is 7. The van der Waals surface area contributed by atoms with Crippen molar-refractivity contribution >= 4 is 11.7 Å². The van der Waals surface area contributed by atoms with Crippen molar-refractivity contribution < 1.29 is 19.1 Å². The number of amides is 2. The standard InChI is InChI=1S/C18H20N2O4/c1-3-9-23-15-7-4-6-14(12-15)20-18(22)19-13(2)11-16(21)17-8-5-10-24-17/h1,4-8,10,12-13,16,21H,9,11H2,2H3,(H2,19,20,22). The van der Waals surface area contributed by atoms with Crippen LogP contribution in [0.1, 0.15) is 25.2 Å². The molecule has 1 heterocycles. The van der Waals surface area contributed by atoms with Crippen LogP contribution in [-0.4, -0.2) is 23.8 Å². The van der Waals surface area contributed by atoms with Crippen molar-refractivity contribution in [2.24, 2.45) is 0 Å². The van der Waals surface area contributed by atoms with E-state index in [1.165, 1.54) is 6.26 Å². The largest absolute Gasteiger partial charge is 0.481 e. The summed E-state index contributed by atoms with van der Waals surface area (Å²) >= 11 is 0. The normalized spacial score (nSPS) is 12.7. The number of carbonyl (C=O) groups excluding carboxylic acids is 1. The van der Waals surface area contributed by atoms with E-state index in [0.29, 0.717) is 23.6 Å². The summed E-state index contributed by atoms with van der Waals surface area (Å²) in [6.07, 6.45) is 6.21. The van der Waals surface area contributed by atoms with Crippen LogP contribution in [0.3, 0.4) is 0 Å². The fraction of sp³-hybridized carbons (Fsp3) is 0.278. The van der Waals surface area contributed by atoms with Gasteiger partial charge in [0, 0.05) is 24.2 Å². The van der Waals surface area contributed by atoms with E-state index in [0.717, 1.165) is 0 Å². The van der Waals surface area contributed by atoms with Crippen LogP contribution in [0.4, 0.5) is 10.5 Å². The smallest absolute Gasteiger partial charge is 0.319 e. The Labute approximate surface area is 140 Å². The number of furan rings is 1. The molecule has 1 aromatic carbocycles. The number of terminal acetylenes is 1. The topological polar surface area (TPSA) is 83.7 Å². The molecular formula is C18H20N2O4. The fourth-order valence-electron chi connectivity index (χ4n) is 2.17. The van der Waals surface area contributed by atoms with Crippen molar-refractivity contribution in [2.75, 3.05) is 11.9 Å². The highest BCUT2D eigenvalue weighted by Crippen LogP contribution is 2.19. The molecule has 2 amide bonds. The van der Waals surface area contributed by atoms with Gasteiger partial charge in [-0.3, -0.25) is 0 Å². The van der Waals surface area contributed by atoms with E-state index >= 15 is 0 Å². The second-order valence-corrected chi connectivity index (χ2v) is 5.29. The predicted octanol–water partition coefficient (Wildman–Crippen LogP) is 2.93. The Bertz CT molecular complexity index is 691. The van der Waals surface area contributed by atoms with Crippen molar-refractivity contribution in [3.05, 3.63) is 48.4 Å². The van der Waals surface area contributed by atoms with Crippen molar-refractivity contribution in [3.63, 3.8) is 0 Å². The van der Waals surface area contributed by atoms with E-state index in [4.69, 9.17) is 15.6 Å². The molecule has 24 heavy (non-hydrogen) atoms. The molecule has 3 N–H and O–H groups in total. The molecule has 0 radical (unpaired) electrons. The summed E-state index contributed by atoms with van der Waals surface area (Å²) in [6, 6.07) is 9.71. The van der Waals surface area contributed by atoms with Crippen LogP contribution in [-0.2, 0) is 0 Å². The van der Waals surface area contributed by atoms with Crippen molar-refractivity contribution in [1.82, 2.24) is 5.32 Å². The minimum atomic E-state index is -0.768. The second-order valence-electron chi connectivity index (χ2n) is 5.29. The Hall–Kier alpha value is -2.91. The molecule has 0 spiro atoms. The van der Waals surface area contributed by atoms with Crippen LogP contribution in [0.25, 0.3) is 0 Å². The minimum absolute atomic E-state index is 0.164. The van der Waals surface area contributed by atoms with E-state index in [1.54, 1.807) is 43.3 Å². The molecule has 2 aromatic rings. The Balaban J connectivity index is 1.83. The molecule has 0 aliphatic rings. The van der Waals surface area contributed by atoms with Crippen LogP contribution in [0.15, 0.2) is 47.1 Å². The molecule has 2 unspecified atom stereocenters. The second kappa shape index (κ2) is 8.65. The summed E-state index contributed by atoms with van der Waals surface area (Å²) in [6.45, 7) is 1.97. The van der Waals surface area contributed by atoms with Gasteiger partial charge in [0.1, 0.15) is 24.2 Å². The molecular weight excluding hydrogens is 308 g/mol. The summed E-state index contributed by atoms with van der Waals surface area (Å²) in [4.78, 5) is 12.0. The highest BCUT2D eigenvalue weighted by molar-refractivity contribution is 5.89. The number of hydrogen-bond acceptors (Lipinski definition) is 4. The maximum Gasteiger partial charge on any atom is 0.319 e. The van der Waals surface area contributed by atoms with E-state index in [-0.39, 0.29) is 18.7 Å². The first-order chi connectivity index (χ1) is 11.6. The van der Waals surface area contributed by atoms with Gasteiger partial charge < -0.3 is 24.9 Å². The lowest BCUT2D eigenvalue weighted by Crippen LogP contribution is -2.37. The molecule has 0 fully saturated rings. The maximum absolute atomic E-state index is 12.0. The van der Waals surface area contributed by atoms with E-state index in [1.807, 2.05) is 0 Å². The zero-order valence-corrected chi connectivity index (χ0v) is 13.4. The number of anilines is 1. The molecule has 0 aliphatic heterocycles. The molecule has 1 aromatic heterocycles. The lowest BCUT2D eigenvalue weighted by atomic mass is 10.1. The van der Waals surface area contributed by atoms with Gasteiger partial charge in [-0.15, -0.1) is 6.42 Å². The van der Waals surface area contributed by atoms with Gasteiger partial charge in [-0.2, -0.15) is 0 Å². The number of aliphatic hydroxyl groups is 1. The van der Waals surface area contributed by atoms with Gasteiger partial charge in [0.2, 0.25) is 0 Å².